The molecule has 0 aliphatic carbocycles. The molecule has 0 aromatic rings. The topological polar surface area (TPSA) is 32.7 Å². The van der Waals surface area contributed by atoms with Crippen molar-refractivity contribution < 1.29 is 9.84 Å². The van der Waals surface area contributed by atoms with Gasteiger partial charge in [-0.2, -0.15) is 0 Å². The standard InChI is InChI=1S/C10H19NO2/c1-10(8-13-7-9(10)12)11-5-3-2-4-6-11/h9,12H,2-8H2,1H3. The van der Waals surface area contributed by atoms with Crippen LogP contribution in [0.15, 0.2) is 0 Å². The number of likely N-dealkylation sites (tertiary alicyclic amines) is 1. The van der Waals surface area contributed by atoms with Crippen LogP contribution in [0.2, 0.25) is 0 Å². The second-order valence-corrected chi connectivity index (χ2v) is 4.44. The zero-order valence-electron chi connectivity index (χ0n) is 8.33. The Labute approximate surface area is 79.7 Å². The molecular weight excluding hydrogens is 166 g/mol. The van der Waals surface area contributed by atoms with Crippen molar-refractivity contribution in [3.8, 4) is 0 Å². The van der Waals surface area contributed by atoms with Crippen LogP contribution in [0, 0.1) is 0 Å². The zero-order chi connectivity index (χ0) is 9.31. The fraction of sp³-hybridized carbons (Fsp3) is 1.00. The maximum Gasteiger partial charge on any atom is 0.0976 e. The van der Waals surface area contributed by atoms with E-state index in [9.17, 15) is 5.11 Å². The summed E-state index contributed by atoms with van der Waals surface area (Å²) in [5.41, 5.74) is -0.111. The highest BCUT2D eigenvalue weighted by atomic mass is 16.5. The molecule has 2 aliphatic rings. The second-order valence-electron chi connectivity index (χ2n) is 4.44. The van der Waals surface area contributed by atoms with Crippen molar-refractivity contribution in [3.63, 3.8) is 0 Å². The summed E-state index contributed by atoms with van der Waals surface area (Å²) in [7, 11) is 0. The van der Waals surface area contributed by atoms with E-state index < -0.39 is 0 Å². The summed E-state index contributed by atoms with van der Waals surface area (Å²) in [6, 6.07) is 0. The molecule has 2 rings (SSSR count). The average molecular weight is 185 g/mol. The van der Waals surface area contributed by atoms with E-state index in [2.05, 4.69) is 11.8 Å². The zero-order valence-corrected chi connectivity index (χ0v) is 8.33. The van der Waals surface area contributed by atoms with Gasteiger partial charge in [0.25, 0.3) is 0 Å². The van der Waals surface area contributed by atoms with E-state index in [0.29, 0.717) is 13.2 Å². The van der Waals surface area contributed by atoms with Crippen molar-refractivity contribution in [2.75, 3.05) is 26.3 Å². The predicted molar refractivity (Wildman–Crippen MR) is 50.7 cm³/mol. The van der Waals surface area contributed by atoms with Crippen LogP contribution in [0.5, 0.6) is 0 Å². The quantitative estimate of drug-likeness (QED) is 0.650. The molecule has 2 aliphatic heterocycles. The number of nitrogens with zero attached hydrogens (tertiary/aromatic N) is 1. The third kappa shape index (κ3) is 1.60. The van der Waals surface area contributed by atoms with E-state index in [1.54, 1.807) is 0 Å². The lowest BCUT2D eigenvalue weighted by atomic mass is 9.93. The summed E-state index contributed by atoms with van der Waals surface area (Å²) in [5, 5.41) is 9.83. The number of ether oxygens (including phenoxy) is 1. The Bertz CT molecular complexity index is 180. The van der Waals surface area contributed by atoms with E-state index in [0.717, 1.165) is 13.1 Å². The molecule has 0 aromatic carbocycles. The molecule has 76 valence electrons. The molecule has 2 fully saturated rings. The van der Waals surface area contributed by atoms with Crippen LogP contribution in [0.1, 0.15) is 26.2 Å². The number of hydrogen-bond donors (Lipinski definition) is 1. The minimum Gasteiger partial charge on any atom is -0.389 e. The summed E-state index contributed by atoms with van der Waals surface area (Å²) in [5.74, 6) is 0. The van der Waals surface area contributed by atoms with E-state index in [1.165, 1.54) is 19.3 Å². The van der Waals surface area contributed by atoms with Crippen LogP contribution in [0.25, 0.3) is 0 Å². The predicted octanol–water partition coefficient (Wildman–Crippen LogP) is 0.622. The fourth-order valence-electron chi connectivity index (χ4n) is 2.36. The molecule has 0 aromatic heterocycles. The van der Waals surface area contributed by atoms with Gasteiger partial charge >= 0.3 is 0 Å². The number of aliphatic hydroxyl groups is 1. The van der Waals surface area contributed by atoms with Crippen molar-refractivity contribution >= 4 is 0 Å². The van der Waals surface area contributed by atoms with Crippen LogP contribution in [0.3, 0.4) is 0 Å². The van der Waals surface area contributed by atoms with Gasteiger partial charge in [0.15, 0.2) is 0 Å². The molecule has 2 unspecified atom stereocenters. The smallest absolute Gasteiger partial charge is 0.0976 e. The van der Waals surface area contributed by atoms with Gasteiger partial charge in [-0.1, -0.05) is 6.42 Å². The molecule has 2 saturated heterocycles. The number of rotatable bonds is 1. The Kier molecular flexibility index (Phi) is 2.58. The molecular formula is C10H19NO2. The van der Waals surface area contributed by atoms with Gasteiger partial charge in [0.1, 0.15) is 0 Å². The first-order valence-electron chi connectivity index (χ1n) is 5.24. The second kappa shape index (κ2) is 3.56. The summed E-state index contributed by atoms with van der Waals surface area (Å²) < 4.78 is 5.33. The first-order chi connectivity index (χ1) is 6.23. The maximum atomic E-state index is 9.83. The highest BCUT2D eigenvalue weighted by molar-refractivity contribution is 4.97. The van der Waals surface area contributed by atoms with E-state index in [-0.39, 0.29) is 11.6 Å². The molecule has 0 saturated carbocycles. The number of hydrogen-bond acceptors (Lipinski definition) is 3. The molecule has 0 radical (unpaired) electrons. The number of piperidine rings is 1. The molecule has 13 heavy (non-hydrogen) atoms. The summed E-state index contributed by atoms with van der Waals surface area (Å²) >= 11 is 0. The van der Waals surface area contributed by atoms with E-state index in [4.69, 9.17) is 4.74 Å². The normalized spacial score (nSPS) is 42.5. The largest absolute Gasteiger partial charge is 0.389 e. The lowest BCUT2D eigenvalue weighted by Crippen LogP contribution is -2.55. The van der Waals surface area contributed by atoms with Gasteiger partial charge in [-0.25, -0.2) is 0 Å². The highest BCUT2D eigenvalue weighted by Crippen LogP contribution is 2.28. The van der Waals surface area contributed by atoms with Crippen LogP contribution in [0.4, 0.5) is 0 Å². The molecule has 0 bridgehead atoms. The van der Waals surface area contributed by atoms with E-state index >= 15 is 0 Å². The monoisotopic (exact) mass is 185 g/mol. The Balaban J connectivity index is 2.03. The van der Waals surface area contributed by atoms with E-state index in [1.807, 2.05) is 0 Å². The Hall–Kier alpha value is -0.120. The maximum absolute atomic E-state index is 9.83. The van der Waals surface area contributed by atoms with Gasteiger partial charge in [0.2, 0.25) is 0 Å². The molecule has 0 spiro atoms. The third-order valence-electron chi connectivity index (χ3n) is 3.47. The molecule has 2 atom stereocenters. The lowest BCUT2D eigenvalue weighted by Gasteiger charge is -2.41. The molecule has 2 heterocycles. The van der Waals surface area contributed by atoms with Gasteiger partial charge < -0.3 is 9.84 Å². The van der Waals surface area contributed by atoms with Gasteiger partial charge in [-0.05, 0) is 32.9 Å². The van der Waals surface area contributed by atoms with Gasteiger partial charge in [-0.3, -0.25) is 4.90 Å². The molecule has 3 heteroatoms. The lowest BCUT2D eigenvalue weighted by molar-refractivity contribution is 0.00113. The Morgan fingerprint density at radius 3 is 2.54 bits per heavy atom. The minimum absolute atomic E-state index is 0.111. The van der Waals surface area contributed by atoms with Crippen molar-refractivity contribution in [1.82, 2.24) is 4.90 Å². The van der Waals surface area contributed by atoms with Crippen LogP contribution in [-0.2, 0) is 4.74 Å². The average Bonchev–Trinajstić information content (AvgIpc) is 2.50. The Morgan fingerprint density at radius 1 is 1.31 bits per heavy atom. The van der Waals surface area contributed by atoms with Crippen molar-refractivity contribution in [2.45, 2.75) is 37.8 Å². The third-order valence-corrected chi connectivity index (χ3v) is 3.47. The van der Waals surface area contributed by atoms with Crippen LogP contribution in [-0.4, -0.2) is 48.0 Å². The first kappa shape index (κ1) is 9.44. The van der Waals surface area contributed by atoms with Crippen LogP contribution < -0.4 is 0 Å². The summed E-state index contributed by atoms with van der Waals surface area (Å²) in [6.45, 7) is 5.56. The number of aliphatic hydroxyl groups excluding tert-OH is 1. The molecule has 1 N–H and O–H groups in total. The minimum atomic E-state index is -0.300. The van der Waals surface area contributed by atoms with Crippen LogP contribution >= 0.6 is 0 Å². The van der Waals surface area contributed by atoms with Crippen molar-refractivity contribution in [3.05, 3.63) is 0 Å². The Morgan fingerprint density at radius 2 is 2.00 bits per heavy atom. The van der Waals surface area contributed by atoms with Gasteiger partial charge in [-0.15, -0.1) is 0 Å². The molecule has 0 amide bonds. The first-order valence-corrected chi connectivity index (χ1v) is 5.24. The summed E-state index contributed by atoms with van der Waals surface area (Å²) in [4.78, 5) is 2.40. The van der Waals surface area contributed by atoms with Crippen molar-refractivity contribution in [1.29, 1.82) is 0 Å². The molecule has 3 nitrogen and oxygen atoms in total. The summed E-state index contributed by atoms with van der Waals surface area (Å²) in [6.07, 6.45) is 3.57. The van der Waals surface area contributed by atoms with Crippen molar-refractivity contribution in [2.24, 2.45) is 0 Å². The SMILES string of the molecule is CC1(N2CCCCC2)COCC1O. The van der Waals surface area contributed by atoms with Gasteiger partial charge in [0, 0.05) is 0 Å². The highest BCUT2D eigenvalue weighted by Gasteiger charge is 2.43. The fourth-order valence-corrected chi connectivity index (χ4v) is 2.36. The van der Waals surface area contributed by atoms with Gasteiger partial charge in [0.05, 0.1) is 24.9 Å².